The molecule has 176 valence electrons. The van der Waals surface area contributed by atoms with Crippen molar-refractivity contribution in [2.75, 3.05) is 10.6 Å². The zero-order chi connectivity index (χ0) is 24.6. The summed E-state index contributed by atoms with van der Waals surface area (Å²) in [4.78, 5) is 17.6. The fourth-order valence-electron chi connectivity index (χ4n) is 3.45. The van der Waals surface area contributed by atoms with Crippen LogP contribution in [0.25, 0.3) is 0 Å². The Morgan fingerprint density at radius 2 is 1.69 bits per heavy atom. The number of hydrogen-bond acceptors (Lipinski definition) is 8. The first kappa shape index (κ1) is 23.6. The fourth-order valence-corrected chi connectivity index (χ4v) is 3.45. The number of hydrogen-bond donors (Lipinski definition) is 6. The number of anilines is 2. The average molecular weight is 468 g/mol. The molecule has 1 aliphatic rings. The van der Waals surface area contributed by atoms with Gasteiger partial charge in [-0.2, -0.15) is 0 Å². The molecule has 0 aromatic heterocycles. The fraction of sp³-hybridized carbons (Fsp3) is 0.0769. The van der Waals surface area contributed by atoms with Gasteiger partial charge in [0.05, 0.1) is 17.0 Å². The van der Waals surface area contributed by atoms with Gasteiger partial charge in [0.1, 0.15) is 0 Å². The van der Waals surface area contributed by atoms with E-state index in [1.807, 2.05) is 78.9 Å². The third-order valence-electron chi connectivity index (χ3n) is 5.15. The topological polar surface area (TPSA) is 148 Å². The maximum Gasteiger partial charge on any atom is 0.264 e. The molecule has 1 amide bonds. The number of carbonyl (C=O) groups excluding carboxylic acids is 1. The van der Waals surface area contributed by atoms with Crippen LogP contribution in [0.5, 0.6) is 0 Å². The molecule has 0 saturated carbocycles. The Kier molecular flexibility index (Phi) is 7.41. The van der Waals surface area contributed by atoms with Crippen LogP contribution in [0.1, 0.15) is 11.1 Å². The lowest BCUT2D eigenvalue weighted by Crippen LogP contribution is -2.50. The first-order valence-corrected chi connectivity index (χ1v) is 10.9. The van der Waals surface area contributed by atoms with Crippen LogP contribution in [0.3, 0.4) is 0 Å². The third kappa shape index (κ3) is 5.85. The zero-order valence-electron chi connectivity index (χ0n) is 18.7. The molecule has 2 atom stereocenters. The van der Waals surface area contributed by atoms with Gasteiger partial charge in [0, 0.05) is 29.2 Å². The van der Waals surface area contributed by atoms with E-state index >= 15 is 0 Å². The minimum atomic E-state index is -1.24. The molecule has 0 bridgehead atoms. The van der Waals surface area contributed by atoms with Crippen LogP contribution in [0.15, 0.2) is 102 Å². The SMILES string of the molecule is N=C/C(=C\Nc1ccccc1)C(=N)OC(N)NC1N=C(c2ccccc2)c2ccccc2NC1=O. The molecule has 9 heteroatoms. The Bertz CT molecular complexity index is 1270. The quantitative estimate of drug-likeness (QED) is 0.171. The summed E-state index contributed by atoms with van der Waals surface area (Å²) < 4.78 is 5.44. The van der Waals surface area contributed by atoms with Gasteiger partial charge in [0.2, 0.25) is 12.2 Å². The second kappa shape index (κ2) is 11.0. The highest BCUT2D eigenvalue weighted by Gasteiger charge is 2.27. The van der Waals surface area contributed by atoms with E-state index in [-0.39, 0.29) is 11.5 Å². The Morgan fingerprint density at radius 1 is 1.03 bits per heavy atom. The summed E-state index contributed by atoms with van der Waals surface area (Å²) in [6, 6.07) is 26.2. The summed E-state index contributed by atoms with van der Waals surface area (Å²) in [6.45, 7) is 0. The van der Waals surface area contributed by atoms with Gasteiger partial charge in [-0.15, -0.1) is 0 Å². The predicted octanol–water partition coefficient (Wildman–Crippen LogP) is 3.27. The number of carbonyl (C=O) groups is 1. The smallest absolute Gasteiger partial charge is 0.264 e. The van der Waals surface area contributed by atoms with Crippen LogP contribution < -0.4 is 21.7 Å². The summed E-state index contributed by atoms with van der Waals surface area (Å²) in [5.41, 5.74) is 9.88. The molecule has 3 aromatic rings. The Morgan fingerprint density at radius 3 is 2.40 bits per heavy atom. The van der Waals surface area contributed by atoms with Crippen LogP contribution in [-0.4, -0.2) is 36.2 Å². The van der Waals surface area contributed by atoms with E-state index in [0.717, 1.165) is 23.0 Å². The molecule has 2 unspecified atom stereocenters. The van der Waals surface area contributed by atoms with Crippen molar-refractivity contribution in [1.29, 1.82) is 10.8 Å². The Hall–Kier alpha value is -4.60. The summed E-state index contributed by atoms with van der Waals surface area (Å²) in [6.07, 6.45) is 0.138. The number of nitrogens with one attached hydrogen (secondary N) is 5. The number of benzodiazepines with no additional fused rings is 1. The molecule has 1 aliphatic heterocycles. The predicted molar refractivity (Wildman–Crippen MR) is 138 cm³/mol. The number of rotatable bonds is 8. The van der Waals surface area contributed by atoms with Crippen molar-refractivity contribution in [3.8, 4) is 0 Å². The second-order valence-electron chi connectivity index (χ2n) is 7.57. The number of amides is 1. The molecule has 7 N–H and O–H groups in total. The van der Waals surface area contributed by atoms with Crippen LogP contribution >= 0.6 is 0 Å². The highest BCUT2D eigenvalue weighted by molar-refractivity contribution is 6.19. The van der Waals surface area contributed by atoms with Crippen molar-refractivity contribution < 1.29 is 9.53 Å². The molecule has 9 nitrogen and oxygen atoms in total. The van der Waals surface area contributed by atoms with E-state index in [1.54, 1.807) is 6.07 Å². The Labute approximate surface area is 202 Å². The number of nitrogens with two attached hydrogens (primary N) is 1. The van der Waals surface area contributed by atoms with Crippen LogP contribution in [0.4, 0.5) is 11.4 Å². The molecule has 4 rings (SSSR count). The largest absolute Gasteiger partial charge is 0.445 e. The number of nitrogens with zero attached hydrogens (tertiary/aromatic N) is 1. The van der Waals surface area contributed by atoms with Gasteiger partial charge in [-0.3, -0.25) is 20.9 Å². The van der Waals surface area contributed by atoms with Crippen LogP contribution in [-0.2, 0) is 9.53 Å². The normalized spacial score (nSPS) is 16.1. The van der Waals surface area contributed by atoms with Gasteiger partial charge in [-0.05, 0) is 18.2 Å². The van der Waals surface area contributed by atoms with Gasteiger partial charge >= 0.3 is 0 Å². The van der Waals surface area contributed by atoms with Gasteiger partial charge in [-0.1, -0.05) is 66.7 Å². The molecule has 1 heterocycles. The van der Waals surface area contributed by atoms with Gasteiger partial charge in [0.25, 0.3) is 5.91 Å². The molecule has 0 spiro atoms. The monoisotopic (exact) mass is 467 g/mol. The Balaban J connectivity index is 1.51. The lowest BCUT2D eigenvalue weighted by Gasteiger charge is -2.20. The van der Waals surface area contributed by atoms with E-state index in [0.29, 0.717) is 11.4 Å². The second-order valence-corrected chi connectivity index (χ2v) is 7.57. The van der Waals surface area contributed by atoms with E-state index in [9.17, 15) is 4.79 Å². The number of ether oxygens (including phenoxy) is 1. The average Bonchev–Trinajstić information content (AvgIpc) is 3.01. The van der Waals surface area contributed by atoms with Gasteiger partial charge in [0.15, 0.2) is 6.17 Å². The molecule has 0 aliphatic carbocycles. The maximum atomic E-state index is 12.9. The summed E-state index contributed by atoms with van der Waals surface area (Å²) in [5.74, 6) is -0.754. The summed E-state index contributed by atoms with van der Waals surface area (Å²) in [7, 11) is 0. The van der Waals surface area contributed by atoms with Crippen molar-refractivity contribution in [2.45, 2.75) is 12.5 Å². The van der Waals surface area contributed by atoms with Crippen LogP contribution in [0.2, 0.25) is 0 Å². The number of fused-ring (bicyclic) bond motifs is 1. The zero-order valence-corrected chi connectivity index (χ0v) is 18.7. The van der Waals surface area contributed by atoms with Crippen LogP contribution in [0, 0.1) is 10.8 Å². The minimum absolute atomic E-state index is 0.164. The summed E-state index contributed by atoms with van der Waals surface area (Å²) >= 11 is 0. The third-order valence-corrected chi connectivity index (χ3v) is 5.15. The van der Waals surface area contributed by atoms with E-state index < -0.39 is 18.4 Å². The number of para-hydroxylation sites is 2. The minimum Gasteiger partial charge on any atom is -0.445 e. The number of benzene rings is 3. The van der Waals surface area contributed by atoms with Crippen molar-refractivity contribution in [2.24, 2.45) is 10.7 Å². The molecular weight excluding hydrogens is 442 g/mol. The first-order chi connectivity index (χ1) is 17.0. The van der Waals surface area contributed by atoms with E-state index in [1.165, 1.54) is 6.20 Å². The highest BCUT2D eigenvalue weighted by atomic mass is 16.5. The van der Waals surface area contributed by atoms with E-state index in [4.69, 9.17) is 21.3 Å². The van der Waals surface area contributed by atoms with E-state index in [2.05, 4.69) is 20.9 Å². The summed E-state index contributed by atoms with van der Waals surface area (Å²) in [5, 5.41) is 24.5. The van der Waals surface area contributed by atoms with Crippen molar-refractivity contribution in [3.05, 3.63) is 108 Å². The van der Waals surface area contributed by atoms with Crippen molar-refractivity contribution >= 4 is 35.1 Å². The van der Waals surface area contributed by atoms with Gasteiger partial charge < -0.3 is 20.8 Å². The lowest BCUT2D eigenvalue weighted by atomic mass is 10.0. The standard InChI is InChI=1S/C26H25N7O2/c27-15-18(16-30-19-11-5-2-6-12-19)23(28)35-26(29)33-24-25(34)31-21-14-8-7-13-20(21)22(32-24)17-9-3-1-4-10-17/h1-16,24,26-28,30,33H,29H2,(H,31,34)/b18-16+,27-15?,28-23?. The van der Waals surface area contributed by atoms with Crippen molar-refractivity contribution in [3.63, 3.8) is 0 Å². The molecular formula is C26H25N7O2. The van der Waals surface area contributed by atoms with Gasteiger partial charge in [-0.25, -0.2) is 5.32 Å². The molecule has 35 heavy (non-hydrogen) atoms. The van der Waals surface area contributed by atoms with Crippen molar-refractivity contribution in [1.82, 2.24) is 5.32 Å². The highest BCUT2D eigenvalue weighted by Crippen LogP contribution is 2.23. The first-order valence-electron chi connectivity index (χ1n) is 10.9. The maximum absolute atomic E-state index is 12.9. The molecule has 0 saturated heterocycles. The number of aliphatic imine (C=N–C) groups is 1. The molecule has 0 fully saturated rings. The molecule has 3 aromatic carbocycles. The lowest BCUT2D eigenvalue weighted by molar-refractivity contribution is -0.118. The molecule has 0 radical (unpaired) electrons.